The van der Waals surface area contributed by atoms with Crippen LogP contribution in [0.25, 0.3) is 0 Å². The summed E-state index contributed by atoms with van der Waals surface area (Å²) in [4.78, 5) is 13.4. The van der Waals surface area contributed by atoms with Crippen molar-refractivity contribution in [1.82, 2.24) is 4.90 Å². The number of hydrogen-bond donors (Lipinski definition) is 1. The summed E-state index contributed by atoms with van der Waals surface area (Å²) in [6, 6.07) is 0.162. The molecule has 0 saturated heterocycles. The van der Waals surface area contributed by atoms with E-state index >= 15 is 0 Å². The van der Waals surface area contributed by atoms with Gasteiger partial charge in [0.25, 0.3) is 0 Å². The molecule has 1 N–H and O–H groups in total. The number of rotatable bonds is 6. The SMILES string of the molecule is CCC(C)C(C(=O)O)N(C(C)C)C(C)C. The molecule has 0 spiro atoms. The number of aliphatic carboxylic acids is 1. The molecule has 3 nitrogen and oxygen atoms in total. The van der Waals surface area contributed by atoms with Crippen LogP contribution >= 0.6 is 0 Å². The maximum atomic E-state index is 11.3. The molecule has 0 saturated carbocycles. The molecular formula is C12H25NO2. The second-order valence-electron chi connectivity index (χ2n) is 4.80. The van der Waals surface area contributed by atoms with Crippen molar-refractivity contribution in [3.8, 4) is 0 Å². The lowest BCUT2D eigenvalue weighted by molar-refractivity contribution is -0.147. The van der Waals surface area contributed by atoms with Gasteiger partial charge in [0.05, 0.1) is 0 Å². The van der Waals surface area contributed by atoms with E-state index in [0.29, 0.717) is 0 Å². The van der Waals surface area contributed by atoms with Crippen LogP contribution in [0.4, 0.5) is 0 Å². The van der Waals surface area contributed by atoms with Gasteiger partial charge in [-0.05, 0) is 33.6 Å². The Morgan fingerprint density at radius 2 is 1.53 bits per heavy atom. The van der Waals surface area contributed by atoms with Gasteiger partial charge in [0.2, 0.25) is 0 Å². The Balaban J connectivity index is 4.92. The first kappa shape index (κ1) is 14.4. The highest BCUT2D eigenvalue weighted by atomic mass is 16.4. The highest BCUT2D eigenvalue weighted by Crippen LogP contribution is 2.20. The van der Waals surface area contributed by atoms with E-state index in [9.17, 15) is 9.90 Å². The Hall–Kier alpha value is -0.570. The predicted octanol–water partition coefficient (Wildman–Crippen LogP) is 2.60. The Morgan fingerprint density at radius 1 is 1.13 bits per heavy atom. The largest absolute Gasteiger partial charge is 0.480 e. The van der Waals surface area contributed by atoms with Crippen LogP contribution in [0.15, 0.2) is 0 Å². The summed E-state index contributed by atoms with van der Waals surface area (Å²) < 4.78 is 0. The second-order valence-corrected chi connectivity index (χ2v) is 4.80. The molecule has 0 radical (unpaired) electrons. The smallest absolute Gasteiger partial charge is 0.321 e. The summed E-state index contributed by atoms with van der Waals surface area (Å²) in [5.41, 5.74) is 0. The standard InChI is InChI=1S/C12H25NO2/c1-7-10(6)11(12(14)15)13(8(2)3)9(4)5/h8-11H,7H2,1-6H3,(H,14,15). The third kappa shape index (κ3) is 3.82. The lowest BCUT2D eigenvalue weighted by Gasteiger charge is -2.38. The zero-order valence-electron chi connectivity index (χ0n) is 10.8. The van der Waals surface area contributed by atoms with E-state index in [2.05, 4.69) is 32.6 Å². The minimum absolute atomic E-state index is 0.187. The maximum Gasteiger partial charge on any atom is 0.321 e. The molecule has 0 heterocycles. The Labute approximate surface area is 93.5 Å². The molecule has 0 aromatic carbocycles. The first-order chi connectivity index (χ1) is 6.82. The van der Waals surface area contributed by atoms with Crippen molar-refractivity contribution < 1.29 is 9.90 Å². The van der Waals surface area contributed by atoms with Gasteiger partial charge in [0, 0.05) is 12.1 Å². The molecule has 0 fully saturated rings. The summed E-state index contributed by atoms with van der Waals surface area (Å²) in [6.07, 6.45) is 0.896. The van der Waals surface area contributed by atoms with E-state index in [1.165, 1.54) is 0 Å². The second kappa shape index (κ2) is 6.11. The molecule has 2 unspecified atom stereocenters. The number of hydrogen-bond acceptors (Lipinski definition) is 2. The molecule has 0 aliphatic heterocycles. The summed E-state index contributed by atoms with van der Waals surface area (Å²) in [5, 5.41) is 9.30. The average molecular weight is 215 g/mol. The van der Waals surface area contributed by atoms with Crippen molar-refractivity contribution in [2.24, 2.45) is 5.92 Å². The summed E-state index contributed by atoms with van der Waals surface area (Å²) >= 11 is 0. The maximum absolute atomic E-state index is 11.3. The van der Waals surface area contributed by atoms with Gasteiger partial charge in [-0.2, -0.15) is 0 Å². The molecule has 0 amide bonds. The molecule has 15 heavy (non-hydrogen) atoms. The minimum atomic E-state index is -0.702. The zero-order chi connectivity index (χ0) is 12.2. The van der Waals surface area contributed by atoms with Crippen LogP contribution in [0.2, 0.25) is 0 Å². The van der Waals surface area contributed by atoms with Crippen LogP contribution in [0.3, 0.4) is 0 Å². The third-order valence-electron chi connectivity index (χ3n) is 2.95. The van der Waals surface area contributed by atoms with E-state index in [-0.39, 0.29) is 24.0 Å². The Kier molecular flexibility index (Phi) is 5.88. The van der Waals surface area contributed by atoms with Gasteiger partial charge >= 0.3 is 5.97 Å². The van der Waals surface area contributed by atoms with Gasteiger partial charge in [-0.15, -0.1) is 0 Å². The van der Waals surface area contributed by atoms with Gasteiger partial charge in [-0.3, -0.25) is 9.69 Å². The van der Waals surface area contributed by atoms with E-state index in [0.717, 1.165) is 6.42 Å². The molecule has 0 bridgehead atoms. The van der Waals surface area contributed by atoms with Crippen molar-refractivity contribution in [3.63, 3.8) is 0 Å². The zero-order valence-corrected chi connectivity index (χ0v) is 10.8. The van der Waals surface area contributed by atoms with E-state index < -0.39 is 5.97 Å². The molecule has 0 aromatic heterocycles. The van der Waals surface area contributed by atoms with Crippen LogP contribution in [0.1, 0.15) is 48.0 Å². The molecule has 2 atom stereocenters. The first-order valence-electron chi connectivity index (χ1n) is 5.83. The van der Waals surface area contributed by atoms with Crippen LogP contribution < -0.4 is 0 Å². The van der Waals surface area contributed by atoms with Crippen molar-refractivity contribution in [2.75, 3.05) is 0 Å². The number of carboxylic acids is 1. The number of nitrogens with zero attached hydrogens (tertiary/aromatic N) is 1. The molecule has 0 aliphatic carbocycles. The summed E-state index contributed by atoms with van der Waals surface area (Å²) in [6.45, 7) is 12.3. The monoisotopic (exact) mass is 215 g/mol. The van der Waals surface area contributed by atoms with E-state index in [1.807, 2.05) is 13.8 Å². The topological polar surface area (TPSA) is 40.5 Å². The fourth-order valence-corrected chi connectivity index (χ4v) is 2.13. The summed E-state index contributed by atoms with van der Waals surface area (Å²) in [5.74, 6) is -0.515. The highest BCUT2D eigenvalue weighted by Gasteiger charge is 2.33. The molecule has 90 valence electrons. The number of carbonyl (C=O) groups is 1. The minimum Gasteiger partial charge on any atom is -0.480 e. The van der Waals surface area contributed by atoms with Gasteiger partial charge in [0.1, 0.15) is 6.04 Å². The third-order valence-corrected chi connectivity index (χ3v) is 2.95. The van der Waals surface area contributed by atoms with Crippen molar-refractivity contribution in [1.29, 1.82) is 0 Å². The summed E-state index contributed by atoms with van der Waals surface area (Å²) in [7, 11) is 0. The number of carboxylic acid groups (broad SMARTS) is 1. The van der Waals surface area contributed by atoms with Crippen LogP contribution in [0.5, 0.6) is 0 Å². The van der Waals surface area contributed by atoms with Gasteiger partial charge in [0.15, 0.2) is 0 Å². The fourth-order valence-electron chi connectivity index (χ4n) is 2.13. The van der Waals surface area contributed by atoms with Crippen molar-refractivity contribution in [2.45, 2.75) is 66.1 Å². The van der Waals surface area contributed by atoms with Crippen LogP contribution in [0, 0.1) is 5.92 Å². The molecular weight excluding hydrogens is 190 g/mol. The molecule has 0 aliphatic rings. The lowest BCUT2D eigenvalue weighted by Crippen LogP contribution is -2.52. The molecule has 3 heteroatoms. The van der Waals surface area contributed by atoms with E-state index in [4.69, 9.17) is 0 Å². The normalized spacial score (nSPS) is 16.1. The van der Waals surface area contributed by atoms with Crippen molar-refractivity contribution >= 4 is 5.97 Å². The fraction of sp³-hybridized carbons (Fsp3) is 0.917. The quantitative estimate of drug-likeness (QED) is 0.740. The lowest BCUT2D eigenvalue weighted by atomic mass is 9.95. The molecule has 0 aromatic rings. The first-order valence-corrected chi connectivity index (χ1v) is 5.83. The van der Waals surface area contributed by atoms with E-state index in [1.54, 1.807) is 0 Å². The average Bonchev–Trinajstić information content (AvgIpc) is 2.10. The van der Waals surface area contributed by atoms with Crippen molar-refractivity contribution in [3.05, 3.63) is 0 Å². The van der Waals surface area contributed by atoms with Gasteiger partial charge < -0.3 is 5.11 Å². The van der Waals surface area contributed by atoms with Crippen LogP contribution in [-0.4, -0.2) is 34.1 Å². The Morgan fingerprint density at radius 3 is 1.73 bits per heavy atom. The van der Waals surface area contributed by atoms with Gasteiger partial charge in [-0.25, -0.2) is 0 Å². The molecule has 0 rings (SSSR count). The van der Waals surface area contributed by atoms with Gasteiger partial charge in [-0.1, -0.05) is 20.3 Å². The predicted molar refractivity (Wildman–Crippen MR) is 63.0 cm³/mol. The Bertz CT molecular complexity index is 194. The highest BCUT2D eigenvalue weighted by molar-refractivity contribution is 5.74. The van der Waals surface area contributed by atoms with Crippen LogP contribution in [-0.2, 0) is 4.79 Å².